The van der Waals surface area contributed by atoms with Gasteiger partial charge < -0.3 is 25.2 Å². The number of morpholine rings is 1. The van der Waals surface area contributed by atoms with Crippen molar-refractivity contribution in [2.75, 3.05) is 37.8 Å². The Hall–Kier alpha value is -2.46. The number of ether oxygens (including phenoxy) is 2. The van der Waals surface area contributed by atoms with E-state index in [-0.39, 0.29) is 5.56 Å². The molecule has 1 unspecified atom stereocenters. The summed E-state index contributed by atoms with van der Waals surface area (Å²) in [6.45, 7) is 1.32. The number of nitrogens with zero attached hydrogens (tertiary/aromatic N) is 2. The highest BCUT2D eigenvalue weighted by Crippen LogP contribution is 2.27. The Labute approximate surface area is 136 Å². The number of primary amides is 1. The zero-order valence-electron chi connectivity index (χ0n) is 12.8. The Morgan fingerprint density at radius 1 is 1.50 bits per heavy atom. The second kappa shape index (κ2) is 7.88. The van der Waals surface area contributed by atoms with Crippen molar-refractivity contribution in [1.82, 2.24) is 0 Å². The highest BCUT2D eigenvalue weighted by Gasteiger charge is 2.33. The fraction of sp³-hybridized carbons (Fsp3) is 0.500. The third-order valence-electron chi connectivity index (χ3n) is 3.65. The van der Waals surface area contributed by atoms with Gasteiger partial charge in [0.25, 0.3) is 6.04 Å². The zero-order chi connectivity index (χ0) is 17.7. The minimum Gasteiger partial charge on any atom is -0.447 e. The van der Waals surface area contributed by atoms with E-state index in [1.165, 1.54) is 12.1 Å². The predicted molar refractivity (Wildman–Crippen MR) is 80.7 cm³/mol. The lowest BCUT2D eigenvalue weighted by Gasteiger charge is -2.29. The number of halogens is 1. The van der Waals surface area contributed by atoms with Crippen molar-refractivity contribution >= 4 is 11.8 Å². The van der Waals surface area contributed by atoms with Crippen LogP contribution in [0.5, 0.6) is 0 Å². The largest absolute Gasteiger partial charge is 0.447 e. The van der Waals surface area contributed by atoms with E-state index in [1.54, 1.807) is 4.90 Å². The molecular formula is C14H18FN3O6. The first-order valence-corrected chi connectivity index (χ1v) is 7.26. The molecule has 1 saturated heterocycles. The fourth-order valence-electron chi connectivity index (χ4n) is 2.51. The van der Waals surface area contributed by atoms with Crippen LogP contribution in [0.2, 0.25) is 0 Å². The van der Waals surface area contributed by atoms with Crippen LogP contribution in [0.25, 0.3) is 0 Å². The molecule has 1 aliphatic rings. The fourth-order valence-corrected chi connectivity index (χ4v) is 2.51. The maximum absolute atomic E-state index is 14.3. The quantitative estimate of drug-likeness (QED) is 0.566. The normalized spacial score (nSPS) is 17.2. The number of amides is 1. The predicted octanol–water partition coefficient (Wildman–Crippen LogP) is 0.436. The number of carbonyl (C=O) groups is 1. The first-order chi connectivity index (χ1) is 11.4. The summed E-state index contributed by atoms with van der Waals surface area (Å²) in [4.78, 5) is 22.8. The van der Waals surface area contributed by atoms with Gasteiger partial charge in [-0.3, -0.25) is 10.1 Å². The van der Waals surface area contributed by atoms with E-state index in [1.807, 2.05) is 0 Å². The molecule has 2 rings (SSSR count). The van der Waals surface area contributed by atoms with Crippen LogP contribution in [0.4, 0.5) is 14.9 Å². The number of nitro groups is 1. The van der Waals surface area contributed by atoms with Gasteiger partial charge in [-0.2, -0.15) is 0 Å². The van der Waals surface area contributed by atoms with Gasteiger partial charge in [-0.05, 0) is 18.2 Å². The molecule has 0 aromatic heterocycles. The molecular weight excluding hydrogens is 325 g/mol. The van der Waals surface area contributed by atoms with E-state index in [0.717, 1.165) is 6.07 Å². The highest BCUT2D eigenvalue weighted by atomic mass is 19.1. The molecule has 132 valence electrons. The van der Waals surface area contributed by atoms with Gasteiger partial charge in [0.2, 0.25) is 0 Å². The topological polar surface area (TPSA) is 128 Å². The van der Waals surface area contributed by atoms with E-state index in [4.69, 9.17) is 10.5 Å². The number of rotatable bonds is 6. The number of aliphatic hydroxyl groups is 1. The van der Waals surface area contributed by atoms with E-state index < -0.39 is 35.6 Å². The molecule has 0 saturated carbocycles. The smallest absolute Gasteiger partial charge is 0.404 e. The van der Waals surface area contributed by atoms with Crippen molar-refractivity contribution in [3.8, 4) is 0 Å². The lowest BCUT2D eigenvalue weighted by atomic mass is 10.0. The molecule has 24 heavy (non-hydrogen) atoms. The molecule has 1 aromatic carbocycles. The summed E-state index contributed by atoms with van der Waals surface area (Å²) in [6.07, 6.45) is -2.81. The Bertz CT molecular complexity index is 608. The average Bonchev–Trinajstić information content (AvgIpc) is 2.53. The lowest BCUT2D eigenvalue weighted by molar-refractivity contribution is -0.541. The Kier molecular flexibility index (Phi) is 5.88. The zero-order valence-corrected chi connectivity index (χ0v) is 12.8. The van der Waals surface area contributed by atoms with Crippen molar-refractivity contribution in [2.45, 2.75) is 12.1 Å². The molecule has 1 aliphatic heterocycles. The first kappa shape index (κ1) is 17.9. The van der Waals surface area contributed by atoms with Gasteiger partial charge in [0.15, 0.2) is 6.10 Å². The van der Waals surface area contributed by atoms with Crippen molar-refractivity contribution in [3.05, 3.63) is 39.7 Å². The van der Waals surface area contributed by atoms with Gasteiger partial charge in [-0.15, -0.1) is 0 Å². The standard InChI is InChI=1S/C14H18FN3O6/c15-10-7-9(1-2-11(10)17-3-5-23-6-4-17)13(18(21)22)12(19)8-24-14(16)20/h1-2,7,12-13,19H,3-6,8H2,(H2,16,20)/t12-,13?/m1/s1. The van der Waals surface area contributed by atoms with Gasteiger partial charge >= 0.3 is 6.09 Å². The molecule has 1 heterocycles. The Balaban J connectivity index is 2.19. The third kappa shape index (κ3) is 4.30. The maximum atomic E-state index is 14.3. The SMILES string of the molecule is NC(=O)OC[C@@H](O)C(c1ccc(N2CCOCC2)c(F)c1)[N+](=O)[O-]. The van der Waals surface area contributed by atoms with Gasteiger partial charge in [0, 0.05) is 23.6 Å². The number of benzene rings is 1. The number of anilines is 1. The second-order valence-corrected chi connectivity index (χ2v) is 5.24. The number of hydrogen-bond acceptors (Lipinski definition) is 7. The van der Waals surface area contributed by atoms with Crippen LogP contribution in [-0.4, -0.2) is 55.1 Å². The molecule has 2 atom stereocenters. The monoisotopic (exact) mass is 343 g/mol. The molecule has 0 spiro atoms. The molecule has 0 bridgehead atoms. The molecule has 0 radical (unpaired) electrons. The van der Waals surface area contributed by atoms with E-state index in [2.05, 4.69) is 4.74 Å². The number of aliphatic hydroxyl groups excluding tert-OH is 1. The molecule has 1 aromatic rings. The number of nitrogens with two attached hydrogens (primary N) is 1. The Morgan fingerprint density at radius 2 is 2.17 bits per heavy atom. The highest BCUT2D eigenvalue weighted by molar-refractivity contribution is 5.64. The number of hydrogen-bond donors (Lipinski definition) is 2. The van der Waals surface area contributed by atoms with Crippen LogP contribution in [0.1, 0.15) is 11.6 Å². The third-order valence-corrected chi connectivity index (χ3v) is 3.65. The van der Waals surface area contributed by atoms with E-state index >= 15 is 0 Å². The Morgan fingerprint density at radius 3 is 2.71 bits per heavy atom. The molecule has 1 fully saturated rings. The van der Waals surface area contributed by atoms with Crippen LogP contribution < -0.4 is 10.6 Å². The van der Waals surface area contributed by atoms with Gasteiger partial charge in [0.1, 0.15) is 12.4 Å². The first-order valence-electron chi connectivity index (χ1n) is 7.26. The summed E-state index contributed by atoms with van der Waals surface area (Å²) < 4.78 is 23.9. The molecule has 3 N–H and O–H groups in total. The van der Waals surface area contributed by atoms with Crippen molar-refractivity contribution in [1.29, 1.82) is 0 Å². The molecule has 10 heteroatoms. The maximum Gasteiger partial charge on any atom is 0.404 e. The van der Waals surface area contributed by atoms with E-state index in [9.17, 15) is 24.4 Å². The van der Waals surface area contributed by atoms with Crippen LogP contribution in [-0.2, 0) is 9.47 Å². The molecule has 9 nitrogen and oxygen atoms in total. The minimum absolute atomic E-state index is 0.0323. The van der Waals surface area contributed by atoms with Crippen molar-refractivity contribution in [3.63, 3.8) is 0 Å². The van der Waals surface area contributed by atoms with Crippen LogP contribution in [0, 0.1) is 15.9 Å². The number of carbonyl (C=O) groups excluding carboxylic acids is 1. The summed E-state index contributed by atoms with van der Waals surface area (Å²) in [5.74, 6) is -0.635. The van der Waals surface area contributed by atoms with Crippen molar-refractivity contribution < 1.29 is 28.7 Å². The summed E-state index contributed by atoms with van der Waals surface area (Å²) in [7, 11) is 0. The summed E-state index contributed by atoms with van der Waals surface area (Å²) in [6, 6.07) is 2.16. The molecule has 1 amide bonds. The van der Waals surface area contributed by atoms with Gasteiger partial charge in [-0.25, -0.2) is 9.18 Å². The average molecular weight is 343 g/mol. The van der Waals surface area contributed by atoms with Crippen LogP contribution in [0.3, 0.4) is 0 Å². The van der Waals surface area contributed by atoms with Crippen molar-refractivity contribution in [2.24, 2.45) is 5.73 Å². The molecule has 0 aliphatic carbocycles. The summed E-state index contributed by atoms with van der Waals surface area (Å²) >= 11 is 0. The van der Waals surface area contributed by atoms with Gasteiger partial charge in [-0.1, -0.05) is 0 Å². The van der Waals surface area contributed by atoms with E-state index in [0.29, 0.717) is 32.0 Å². The summed E-state index contributed by atoms with van der Waals surface area (Å²) in [5, 5.41) is 21.1. The van der Waals surface area contributed by atoms with Gasteiger partial charge in [0.05, 0.1) is 18.9 Å². The van der Waals surface area contributed by atoms with Crippen LogP contribution in [0.15, 0.2) is 18.2 Å². The second-order valence-electron chi connectivity index (χ2n) is 5.24. The minimum atomic E-state index is -1.65. The van der Waals surface area contributed by atoms with Crippen LogP contribution >= 0.6 is 0 Å². The summed E-state index contributed by atoms with van der Waals surface area (Å²) in [5.41, 5.74) is 5.04. The lowest BCUT2D eigenvalue weighted by Crippen LogP contribution is -2.37.